The number of aliphatic carboxylic acids is 1. The Hall–Kier alpha value is -2.77. The highest BCUT2D eigenvalue weighted by Crippen LogP contribution is 1.99. The Labute approximate surface area is 148 Å². The number of carbonyl (C=O) groups is 5. The predicted molar refractivity (Wildman–Crippen MR) is 85.1 cm³/mol. The maximum atomic E-state index is 12.1. The molecule has 4 amide bonds. The van der Waals surface area contributed by atoms with Crippen molar-refractivity contribution in [3.8, 4) is 0 Å². The summed E-state index contributed by atoms with van der Waals surface area (Å²) in [6, 6.07) is -4.15. The van der Waals surface area contributed by atoms with E-state index in [9.17, 15) is 24.0 Å². The summed E-state index contributed by atoms with van der Waals surface area (Å²) in [5.41, 5.74) is 10.2. The van der Waals surface area contributed by atoms with Gasteiger partial charge in [-0.2, -0.15) is 0 Å². The number of carboxylic acids is 1. The number of aliphatic hydroxyl groups is 2. The van der Waals surface area contributed by atoms with Crippen molar-refractivity contribution in [3.05, 3.63) is 0 Å². The van der Waals surface area contributed by atoms with Crippen molar-refractivity contribution in [1.82, 2.24) is 16.0 Å². The fraction of sp³-hybridized carbons (Fsp3) is 0.615. The summed E-state index contributed by atoms with van der Waals surface area (Å²) >= 11 is 0. The molecule has 0 heterocycles. The first-order chi connectivity index (χ1) is 12.1. The summed E-state index contributed by atoms with van der Waals surface area (Å²) in [6.45, 7) is -2.09. The van der Waals surface area contributed by atoms with Gasteiger partial charge in [-0.25, -0.2) is 4.79 Å². The van der Waals surface area contributed by atoms with Gasteiger partial charge >= 0.3 is 5.97 Å². The van der Waals surface area contributed by atoms with Crippen molar-refractivity contribution in [1.29, 1.82) is 0 Å². The molecule has 13 nitrogen and oxygen atoms in total. The number of nitrogens with two attached hydrogens (primary N) is 2. The lowest BCUT2D eigenvalue weighted by atomic mass is 10.1. The maximum absolute atomic E-state index is 12.1. The third-order valence-electron chi connectivity index (χ3n) is 3.08. The number of aliphatic hydroxyl groups excluding tert-OH is 2. The van der Waals surface area contributed by atoms with E-state index in [1.165, 1.54) is 0 Å². The van der Waals surface area contributed by atoms with Crippen LogP contribution in [0.4, 0.5) is 0 Å². The van der Waals surface area contributed by atoms with Gasteiger partial charge < -0.3 is 42.7 Å². The van der Waals surface area contributed by atoms with Crippen LogP contribution in [0, 0.1) is 0 Å². The normalized spacial score (nSPS) is 13.8. The molecule has 0 saturated heterocycles. The minimum Gasteiger partial charge on any atom is -0.480 e. The Bertz CT molecular complexity index is 541. The third-order valence-corrected chi connectivity index (χ3v) is 3.08. The summed E-state index contributed by atoms with van der Waals surface area (Å²) in [7, 11) is 0. The molecule has 0 aromatic rings. The molecule has 0 aliphatic carbocycles. The van der Waals surface area contributed by atoms with E-state index in [2.05, 4.69) is 10.6 Å². The van der Waals surface area contributed by atoms with E-state index in [1.54, 1.807) is 0 Å². The Kier molecular flexibility index (Phi) is 10.5. The molecule has 13 heteroatoms. The van der Waals surface area contributed by atoms with Crippen LogP contribution in [0.15, 0.2) is 0 Å². The Morgan fingerprint density at radius 2 is 1.54 bits per heavy atom. The SMILES string of the molecule is NC(=O)CCC(NC(=O)CNC(=O)C(N)CO)C(=O)NC(CO)C(=O)O. The second kappa shape index (κ2) is 11.7. The fourth-order valence-electron chi connectivity index (χ4n) is 1.64. The topological polar surface area (TPSA) is 234 Å². The first-order valence-electron chi connectivity index (χ1n) is 7.48. The van der Waals surface area contributed by atoms with Crippen molar-refractivity contribution in [3.63, 3.8) is 0 Å². The van der Waals surface area contributed by atoms with Crippen LogP contribution < -0.4 is 27.4 Å². The number of carbonyl (C=O) groups excluding carboxylic acids is 4. The molecule has 0 rings (SSSR count). The van der Waals surface area contributed by atoms with Crippen LogP contribution in [0.3, 0.4) is 0 Å². The van der Waals surface area contributed by atoms with Crippen molar-refractivity contribution in [2.24, 2.45) is 11.5 Å². The lowest BCUT2D eigenvalue weighted by Crippen LogP contribution is -2.54. The number of hydrogen-bond donors (Lipinski definition) is 8. The molecule has 0 aromatic heterocycles. The highest BCUT2D eigenvalue weighted by atomic mass is 16.4. The summed E-state index contributed by atoms with van der Waals surface area (Å²) in [6.07, 6.45) is -0.508. The minimum absolute atomic E-state index is 0.227. The number of hydrogen-bond acceptors (Lipinski definition) is 8. The van der Waals surface area contributed by atoms with Crippen molar-refractivity contribution in [2.45, 2.75) is 31.0 Å². The maximum Gasteiger partial charge on any atom is 0.328 e. The van der Waals surface area contributed by atoms with Crippen molar-refractivity contribution < 1.29 is 39.3 Å². The van der Waals surface area contributed by atoms with Crippen LogP contribution in [0.2, 0.25) is 0 Å². The molecular formula is C13H23N5O8. The third kappa shape index (κ3) is 8.91. The number of nitrogens with one attached hydrogen (secondary N) is 3. The second-order valence-corrected chi connectivity index (χ2v) is 5.21. The zero-order chi connectivity index (χ0) is 20.3. The zero-order valence-corrected chi connectivity index (χ0v) is 13.8. The average molecular weight is 377 g/mol. The molecule has 0 saturated carbocycles. The lowest BCUT2D eigenvalue weighted by molar-refractivity contribution is -0.143. The lowest BCUT2D eigenvalue weighted by Gasteiger charge is -2.20. The molecule has 0 spiro atoms. The van der Waals surface area contributed by atoms with Gasteiger partial charge in [0.25, 0.3) is 0 Å². The van der Waals surface area contributed by atoms with Gasteiger partial charge in [-0.1, -0.05) is 0 Å². The Morgan fingerprint density at radius 1 is 0.923 bits per heavy atom. The molecule has 0 fully saturated rings. The molecule has 26 heavy (non-hydrogen) atoms. The number of primary amides is 1. The van der Waals surface area contributed by atoms with E-state index in [0.29, 0.717) is 0 Å². The molecule has 3 unspecified atom stereocenters. The summed E-state index contributed by atoms with van der Waals surface area (Å²) in [5, 5.41) is 32.7. The van der Waals surface area contributed by atoms with E-state index >= 15 is 0 Å². The largest absolute Gasteiger partial charge is 0.480 e. The van der Waals surface area contributed by atoms with Crippen LogP contribution in [0.25, 0.3) is 0 Å². The fourth-order valence-corrected chi connectivity index (χ4v) is 1.64. The highest BCUT2D eigenvalue weighted by molar-refractivity contribution is 5.92. The molecule has 148 valence electrons. The number of amides is 4. The van der Waals surface area contributed by atoms with Crippen LogP contribution in [-0.4, -0.2) is 82.8 Å². The first-order valence-corrected chi connectivity index (χ1v) is 7.48. The zero-order valence-electron chi connectivity index (χ0n) is 13.8. The first kappa shape index (κ1) is 23.2. The summed E-state index contributed by atoms with van der Waals surface area (Å²) in [5.74, 6) is -4.84. The second-order valence-electron chi connectivity index (χ2n) is 5.21. The Balaban J connectivity index is 4.83. The van der Waals surface area contributed by atoms with Gasteiger partial charge in [0.2, 0.25) is 23.6 Å². The van der Waals surface area contributed by atoms with Gasteiger partial charge in [0.15, 0.2) is 0 Å². The van der Waals surface area contributed by atoms with Crippen LogP contribution in [0.5, 0.6) is 0 Å². The molecular weight excluding hydrogens is 354 g/mol. The van der Waals surface area contributed by atoms with E-state index in [1.807, 2.05) is 5.32 Å². The minimum atomic E-state index is -1.60. The molecule has 0 aliphatic heterocycles. The molecule has 10 N–H and O–H groups in total. The van der Waals surface area contributed by atoms with Crippen molar-refractivity contribution in [2.75, 3.05) is 19.8 Å². The van der Waals surface area contributed by atoms with E-state index in [0.717, 1.165) is 0 Å². The van der Waals surface area contributed by atoms with Crippen LogP contribution in [-0.2, 0) is 24.0 Å². The predicted octanol–water partition coefficient (Wildman–Crippen LogP) is -5.27. The monoisotopic (exact) mass is 377 g/mol. The van der Waals surface area contributed by atoms with Gasteiger partial charge in [0.05, 0.1) is 19.8 Å². The van der Waals surface area contributed by atoms with Gasteiger partial charge in [-0.3, -0.25) is 19.2 Å². The van der Waals surface area contributed by atoms with Gasteiger partial charge in [-0.15, -0.1) is 0 Å². The Morgan fingerprint density at radius 3 is 2.00 bits per heavy atom. The number of carboxylic acid groups (broad SMARTS) is 1. The van der Waals surface area contributed by atoms with E-state index < -0.39 is 67.5 Å². The summed E-state index contributed by atoms with van der Waals surface area (Å²) < 4.78 is 0. The molecule has 0 radical (unpaired) electrons. The van der Waals surface area contributed by atoms with Gasteiger partial charge in [0, 0.05) is 6.42 Å². The van der Waals surface area contributed by atoms with Crippen LogP contribution >= 0.6 is 0 Å². The quantitative estimate of drug-likeness (QED) is 0.162. The standard InChI is InChI=1S/C13H23N5O8/c14-6(4-19)11(23)16-3-10(22)17-7(1-2-9(15)21)12(24)18-8(5-20)13(25)26/h6-8,19-20H,1-5,14H2,(H2,15,21)(H,16,23)(H,17,22)(H,18,24)(H,25,26). The number of rotatable bonds is 12. The van der Waals surface area contributed by atoms with E-state index in [4.69, 9.17) is 26.8 Å². The van der Waals surface area contributed by atoms with Crippen molar-refractivity contribution >= 4 is 29.6 Å². The molecule has 0 bridgehead atoms. The van der Waals surface area contributed by atoms with Crippen LogP contribution in [0.1, 0.15) is 12.8 Å². The van der Waals surface area contributed by atoms with E-state index in [-0.39, 0.29) is 12.8 Å². The van der Waals surface area contributed by atoms with Gasteiger partial charge in [-0.05, 0) is 6.42 Å². The molecule has 3 atom stereocenters. The summed E-state index contributed by atoms with van der Waals surface area (Å²) in [4.78, 5) is 56.9. The average Bonchev–Trinajstić information content (AvgIpc) is 2.59. The molecule has 0 aliphatic rings. The molecule has 0 aromatic carbocycles. The van der Waals surface area contributed by atoms with Gasteiger partial charge in [0.1, 0.15) is 18.1 Å². The smallest absolute Gasteiger partial charge is 0.328 e. The highest BCUT2D eigenvalue weighted by Gasteiger charge is 2.26.